The maximum absolute atomic E-state index is 3.64. The lowest BCUT2D eigenvalue weighted by molar-refractivity contribution is 0.0888. The number of nitrogens with one attached hydrogen (secondary N) is 2. The molecule has 0 radical (unpaired) electrons. The third-order valence-corrected chi connectivity index (χ3v) is 3.37. The molecule has 0 spiro atoms. The molecule has 16 heavy (non-hydrogen) atoms. The van der Waals surface area contributed by atoms with Gasteiger partial charge in [-0.2, -0.15) is 0 Å². The molecule has 1 aliphatic heterocycles. The minimum atomic E-state index is 0.0552. The molecule has 2 N–H and O–H groups in total. The second kappa shape index (κ2) is 4.95. The van der Waals surface area contributed by atoms with Crippen molar-refractivity contribution >= 4 is 0 Å². The molecule has 1 unspecified atom stereocenters. The van der Waals surface area contributed by atoms with E-state index in [4.69, 9.17) is 0 Å². The van der Waals surface area contributed by atoms with Crippen molar-refractivity contribution in [1.82, 2.24) is 15.5 Å². The highest BCUT2D eigenvalue weighted by molar-refractivity contribution is 5.18. The largest absolute Gasteiger partial charge is 0.312 e. The average molecular weight is 219 g/mol. The lowest BCUT2D eigenvalue weighted by Crippen LogP contribution is -2.67. The molecule has 0 bridgehead atoms. The van der Waals surface area contributed by atoms with Crippen molar-refractivity contribution in [3.8, 4) is 0 Å². The van der Waals surface area contributed by atoms with E-state index >= 15 is 0 Å². The van der Waals surface area contributed by atoms with Crippen molar-refractivity contribution in [2.24, 2.45) is 0 Å². The predicted octanol–water partition coefficient (Wildman–Crippen LogP) is 0.680. The van der Waals surface area contributed by atoms with E-state index in [-0.39, 0.29) is 5.66 Å². The van der Waals surface area contributed by atoms with E-state index in [1.165, 1.54) is 5.56 Å². The number of benzene rings is 1. The molecule has 0 saturated carbocycles. The number of hydrogen-bond donors (Lipinski definition) is 2. The van der Waals surface area contributed by atoms with Crippen LogP contribution < -0.4 is 10.6 Å². The van der Waals surface area contributed by atoms with Gasteiger partial charge in [0.2, 0.25) is 0 Å². The number of hydrogen-bond acceptors (Lipinski definition) is 3. The van der Waals surface area contributed by atoms with Gasteiger partial charge >= 0.3 is 0 Å². The summed E-state index contributed by atoms with van der Waals surface area (Å²) in [7, 11) is 4.28. The van der Waals surface area contributed by atoms with Gasteiger partial charge in [-0.05, 0) is 19.7 Å². The van der Waals surface area contributed by atoms with Gasteiger partial charge in [0, 0.05) is 26.1 Å². The summed E-state index contributed by atoms with van der Waals surface area (Å²) in [4.78, 5) is 2.28. The Bertz CT molecular complexity index is 315. The summed E-state index contributed by atoms with van der Waals surface area (Å²) in [6.45, 7) is 3.09. The van der Waals surface area contributed by atoms with Gasteiger partial charge in [0.15, 0.2) is 0 Å². The van der Waals surface area contributed by atoms with Crippen LogP contribution in [0.15, 0.2) is 30.3 Å². The highest BCUT2D eigenvalue weighted by atomic mass is 15.3. The van der Waals surface area contributed by atoms with Crippen molar-refractivity contribution < 1.29 is 0 Å². The molecule has 0 aromatic heterocycles. The fraction of sp³-hybridized carbons (Fsp3) is 0.538. The Balaban J connectivity index is 2.14. The molecule has 1 atom stereocenters. The first-order valence-electron chi connectivity index (χ1n) is 5.90. The first-order valence-corrected chi connectivity index (χ1v) is 5.90. The summed E-state index contributed by atoms with van der Waals surface area (Å²) in [5, 5.41) is 7.12. The van der Waals surface area contributed by atoms with Crippen LogP contribution >= 0.6 is 0 Å². The minimum absolute atomic E-state index is 0.0552. The monoisotopic (exact) mass is 219 g/mol. The van der Waals surface area contributed by atoms with Crippen LogP contribution in [-0.4, -0.2) is 44.3 Å². The summed E-state index contributed by atoms with van der Waals surface area (Å²) in [6, 6.07) is 10.7. The van der Waals surface area contributed by atoms with E-state index in [9.17, 15) is 0 Å². The van der Waals surface area contributed by atoms with Gasteiger partial charge < -0.3 is 5.32 Å². The van der Waals surface area contributed by atoms with Crippen LogP contribution in [0.25, 0.3) is 0 Å². The molecule has 88 valence electrons. The topological polar surface area (TPSA) is 27.3 Å². The lowest BCUT2D eigenvalue weighted by atomic mass is 9.96. The van der Waals surface area contributed by atoms with Crippen molar-refractivity contribution in [1.29, 1.82) is 0 Å². The van der Waals surface area contributed by atoms with Gasteiger partial charge in [-0.3, -0.25) is 10.2 Å². The number of nitrogens with zero attached hydrogens (tertiary/aromatic N) is 1. The lowest BCUT2D eigenvalue weighted by Gasteiger charge is -2.44. The first kappa shape index (κ1) is 11.6. The molecule has 1 aromatic rings. The van der Waals surface area contributed by atoms with Gasteiger partial charge in [-0.25, -0.2) is 0 Å². The zero-order valence-electron chi connectivity index (χ0n) is 10.2. The van der Waals surface area contributed by atoms with Crippen LogP contribution in [0.5, 0.6) is 0 Å². The molecule has 1 aliphatic rings. The summed E-state index contributed by atoms with van der Waals surface area (Å²) in [6.07, 6.45) is 1.04. The fourth-order valence-corrected chi connectivity index (χ4v) is 2.27. The van der Waals surface area contributed by atoms with Gasteiger partial charge in [-0.1, -0.05) is 30.3 Å². The number of rotatable bonds is 3. The Kier molecular flexibility index (Phi) is 3.59. The van der Waals surface area contributed by atoms with Gasteiger partial charge in [0.25, 0.3) is 0 Å². The van der Waals surface area contributed by atoms with E-state index in [0.717, 1.165) is 26.1 Å². The Morgan fingerprint density at radius 1 is 1.19 bits per heavy atom. The van der Waals surface area contributed by atoms with Crippen LogP contribution in [0.4, 0.5) is 0 Å². The number of piperazine rings is 1. The second-order valence-electron chi connectivity index (χ2n) is 4.69. The Morgan fingerprint density at radius 3 is 2.50 bits per heavy atom. The maximum atomic E-state index is 3.64. The quantitative estimate of drug-likeness (QED) is 0.783. The molecule has 1 fully saturated rings. The predicted molar refractivity (Wildman–Crippen MR) is 67.4 cm³/mol. The highest BCUT2D eigenvalue weighted by Gasteiger charge is 2.33. The van der Waals surface area contributed by atoms with Gasteiger partial charge in [-0.15, -0.1) is 0 Å². The highest BCUT2D eigenvalue weighted by Crippen LogP contribution is 2.16. The van der Waals surface area contributed by atoms with Crippen LogP contribution in [0, 0.1) is 0 Å². The van der Waals surface area contributed by atoms with Crippen LogP contribution in [0.3, 0.4) is 0 Å². The molecule has 3 heteroatoms. The van der Waals surface area contributed by atoms with Crippen molar-refractivity contribution in [2.45, 2.75) is 12.1 Å². The van der Waals surface area contributed by atoms with Crippen LogP contribution in [0.2, 0.25) is 0 Å². The third-order valence-electron chi connectivity index (χ3n) is 3.37. The fourth-order valence-electron chi connectivity index (χ4n) is 2.27. The molecule has 1 saturated heterocycles. The molecule has 2 rings (SSSR count). The SMILES string of the molecule is CN(C)C1(Cc2ccccc2)CNCCN1. The Labute approximate surface area is 97.8 Å². The average Bonchev–Trinajstić information content (AvgIpc) is 2.31. The van der Waals surface area contributed by atoms with Crippen molar-refractivity contribution in [2.75, 3.05) is 33.7 Å². The molecule has 1 aromatic carbocycles. The molecule has 1 heterocycles. The summed E-state index contributed by atoms with van der Waals surface area (Å²) in [5.74, 6) is 0. The second-order valence-corrected chi connectivity index (χ2v) is 4.69. The van der Waals surface area contributed by atoms with Crippen molar-refractivity contribution in [3.05, 3.63) is 35.9 Å². The maximum Gasteiger partial charge on any atom is 0.0877 e. The smallest absolute Gasteiger partial charge is 0.0877 e. The van der Waals surface area contributed by atoms with Crippen molar-refractivity contribution in [3.63, 3.8) is 0 Å². The van der Waals surface area contributed by atoms with E-state index < -0.39 is 0 Å². The van der Waals surface area contributed by atoms with E-state index in [1.54, 1.807) is 0 Å². The van der Waals surface area contributed by atoms with E-state index in [0.29, 0.717) is 0 Å². The normalized spacial score (nSPS) is 25.9. The van der Waals surface area contributed by atoms with E-state index in [2.05, 4.69) is 60.0 Å². The van der Waals surface area contributed by atoms with E-state index in [1.807, 2.05) is 0 Å². The summed E-state index contributed by atoms with van der Waals surface area (Å²) >= 11 is 0. The van der Waals surface area contributed by atoms with Crippen LogP contribution in [-0.2, 0) is 6.42 Å². The minimum Gasteiger partial charge on any atom is -0.312 e. The molecule has 0 amide bonds. The van der Waals surface area contributed by atoms with Gasteiger partial charge in [0.1, 0.15) is 0 Å². The number of likely N-dealkylation sites (N-methyl/N-ethyl adjacent to an activating group) is 1. The Hall–Kier alpha value is -0.900. The molecular weight excluding hydrogens is 198 g/mol. The zero-order chi connectivity index (χ0) is 11.4. The standard InChI is InChI=1S/C13H21N3/c1-16(2)13(11-14-8-9-15-13)10-12-6-4-3-5-7-12/h3-7,14-15H,8-11H2,1-2H3. The molecular formula is C13H21N3. The zero-order valence-corrected chi connectivity index (χ0v) is 10.2. The van der Waals surface area contributed by atoms with Gasteiger partial charge in [0.05, 0.1) is 5.66 Å². The summed E-state index contributed by atoms with van der Waals surface area (Å²) < 4.78 is 0. The molecule has 0 aliphatic carbocycles. The Morgan fingerprint density at radius 2 is 1.94 bits per heavy atom. The first-order chi connectivity index (χ1) is 7.73. The summed E-state index contributed by atoms with van der Waals surface area (Å²) in [5.41, 5.74) is 1.44. The third kappa shape index (κ3) is 2.43. The van der Waals surface area contributed by atoms with Crippen LogP contribution in [0.1, 0.15) is 5.56 Å². The molecule has 3 nitrogen and oxygen atoms in total.